The third kappa shape index (κ3) is 4.38. The molecular weight excluding hydrogens is 333 g/mol. The van der Waals surface area contributed by atoms with Gasteiger partial charge >= 0.3 is 0 Å². The van der Waals surface area contributed by atoms with Crippen LogP contribution >= 0.6 is 23.2 Å². The van der Waals surface area contributed by atoms with E-state index in [-0.39, 0.29) is 0 Å². The Kier molecular flexibility index (Phi) is 5.39. The number of para-hydroxylation sites is 2. The summed E-state index contributed by atoms with van der Waals surface area (Å²) in [4.78, 5) is 7.81. The number of hydrogen-bond donors (Lipinski definition) is 2. The van der Waals surface area contributed by atoms with Crippen LogP contribution in [0.25, 0.3) is 11.0 Å². The van der Waals surface area contributed by atoms with Gasteiger partial charge in [-0.1, -0.05) is 35.3 Å². The van der Waals surface area contributed by atoms with Crippen molar-refractivity contribution < 1.29 is 4.74 Å². The van der Waals surface area contributed by atoms with Crippen LogP contribution in [0.4, 0.5) is 0 Å². The van der Waals surface area contributed by atoms with Crippen LogP contribution in [-0.2, 0) is 6.54 Å². The number of rotatable bonds is 7. The Morgan fingerprint density at radius 1 is 1.13 bits per heavy atom. The summed E-state index contributed by atoms with van der Waals surface area (Å²) in [5.41, 5.74) is 2.05. The third-order valence-corrected chi connectivity index (χ3v) is 3.91. The number of fused-ring (bicyclic) bond motifs is 1. The first-order valence-electron chi connectivity index (χ1n) is 7.44. The van der Waals surface area contributed by atoms with Crippen LogP contribution < -0.4 is 10.1 Å². The third-order valence-electron chi connectivity index (χ3n) is 3.38. The number of benzene rings is 2. The average molecular weight is 350 g/mol. The minimum absolute atomic E-state index is 0.535. The lowest BCUT2D eigenvalue weighted by atomic mass is 10.3. The molecule has 0 aliphatic carbocycles. The molecule has 4 nitrogen and oxygen atoms in total. The predicted molar refractivity (Wildman–Crippen MR) is 94.4 cm³/mol. The van der Waals surface area contributed by atoms with Crippen molar-refractivity contribution >= 4 is 34.2 Å². The van der Waals surface area contributed by atoms with Crippen molar-refractivity contribution in [3.8, 4) is 5.75 Å². The van der Waals surface area contributed by atoms with Crippen LogP contribution in [0.2, 0.25) is 10.0 Å². The molecule has 0 fully saturated rings. The first kappa shape index (κ1) is 16.1. The molecule has 0 bridgehead atoms. The van der Waals surface area contributed by atoms with Crippen LogP contribution in [0.3, 0.4) is 0 Å². The van der Waals surface area contributed by atoms with E-state index in [0.29, 0.717) is 28.9 Å². The van der Waals surface area contributed by atoms with Crippen molar-refractivity contribution in [2.75, 3.05) is 13.2 Å². The minimum Gasteiger partial charge on any atom is -0.492 e. The molecule has 1 aromatic heterocycles. The van der Waals surface area contributed by atoms with E-state index in [4.69, 9.17) is 27.9 Å². The van der Waals surface area contributed by atoms with Crippen molar-refractivity contribution in [2.24, 2.45) is 0 Å². The zero-order valence-electron chi connectivity index (χ0n) is 12.5. The van der Waals surface area contributed by atoms with Gasteiger partial charge in [-0.2, -0.15) is 0 Å². The predicted octanol–water partition coefficient (Wildman–Crippen LogP) is 4.43. The highest BCUT2D eigenvalue weighted by molar-refractivity contribution is 6.35. The zero-order valence-corrected chi connectivity index (χ0v) is 14.0. The van der Waals surface area contributed by atoms with Crippen LogP contribution in [0.1, 0.15) is 12.2 Å². The standard InChI is InChI=1S/C17H17Cl2N3O/c18-12-6-7-16(13(19)10-12)23-9-3-8-20-11-17-21-14-4-1-2-5-15(14)22-17/h1-2,4-7,10,20H,3,8-9,11H2,(H,21,22). The number of ether oxygens (including phenoxy) is 1. The molecule has 0 radical (unpaired) electrons. The van der Waals surface area contributed by atoms with Crippen LogP contribution in [0.5, 0.6) is 5.75 Å². The molecule has 0 aliphatic heterocycles. The quantitative estimate of drug-likeness (QED) is 0.620. The van der Waals surface area contributed by atoms with E-state index in [1.807, 2.05) is 24.3 Å². The Morgan fingerprint density at radius 3 is 2.83 bits per heavy atom. The molecule has 0 spiro atoms. The van der Waals surface area contributed by atoms with Gasteiger partial charge in [-0.3, -0.25) is 0 Å². The van der Waals surface area contributed by atoms with Crippen molar-refractivity contribution in [1.29, 1.82) is 0 Å². The maximum atomic E-state index is 6.05. The van der Waals surface area contributed by atoms with E-state index >= 15 is 0 Å². The first-order valence-corrected chi connectivity index (χ1v) is 8.20. The lowest BCUT2D eigenvalue weighted by molar-refractivity contribution is 0.308. The molecule has 1 heterocycles. The summed E-state index contributed by atoms with van der Waals surface area (Å²) in [6.07, 6.45) is 0.874. The van der Waals surface area contributed by atoms with E-state index < -0.39 is 0 Å². The van der Waals surface area contributed by atoms with Crippen molar-refractivity contribution in [2.45, 2.75) is 13.0 Å². The maximum absolute atomic E-state index is 6.05. The molecule has 2 aromatic carbocycles. The number of hydrogen-bond acceptors (Lipinski definition) is 3. The van der Waals surface area contributed by atoms with Gasteiger partial charge in [0.2, 0.25) is 0 Å². The largest absolute Gasteiger partial charge is 0.492 e. The van der Waals surface area contributed by atoms with Gasteiger partial charge in [0, 0.05) is 5.02 Å². The van der Waals surface area contributed by atoms with E-state index in [9.17, 15) is 0 Å². The van der Waals surface area contributed by atoms with Gasteiger partial charge in [-0.05, 0) is 43.3 Å². The smallest absolute Gasteiger partial charge is 0.137 e. The van der Waals surface area contributed by atoms with Crippen molar-refractivity contribution in [1.82, 2.24) is 15.3 Å². The monoisotopic (exact) mass is 349 g/mol. The molecule has 0 saturated carbocycles. The maximum Gasteiger partial charge on any atom is 0.137 e. The molecule has 0 amide bonds. The van der Waals surface area contributed by atoms with E-state index in [2.05, 4.69) is 15.3 Å². The van der Waals surface area contributed by atoms with Gasteiger partial charge < -0.3 is 15.0 Å². The van der Waals surface area contributed by atoms with E-state index in [0.717, 1.165) is 29.8 Å². The lowest BCUT2D eigenvalue weighted by Crippen LogP contribution is -2.17. The lowest BCUT2D eigenvalue weighted by Gasteiger charge is -2.08. The topological polar surface area (TPSA) is 49.9 Å². The molecule has 0 saturated heterocycles. The molecule has 120 valence electrons. The van der Waals surface area contributed by atoms with Gasteiger partial charge in [0.25, 0.3) is 0 Å². The van der Waals surface area contributed by atoms with E-state index in [1.54, 1.807) is 18.2 Å². The Balaban J connectivity index is 1.38. The van der Waals surface area contributed by atoms with Gasteiger partial charge in [0.15, 0.2) is 0 Å². The van der Waals surface area contributed by atoms with Crippen LogP contribution in [0, 0.1) is 0 Å². The summed E-state index contributed by atoms with van der Waals surface area (Å²) in [7, 11) is 0. The Morgan fingerprint density at radius 2 is 2.00 bits per heavy atom. The molecule has 0 atom stereocenters. The number of H-pyrrole nitrogens is 1. The summed E-state index contributed by atoms with van der Waals surface area (Å²) in [5.74, 6) is 1.60. The zero-order chi connectivity index (χ0) is 16.1. The van der Waals surface area contributed by atoms with E-state index in [1.165, 1.54) is 0 Å². The second-order valence-electron chi connectivity index (χ2n) is 5.15. The highest BCUT2D eigenvalue weighted by Crippen LogP contribution is 2.27. The van der Waals surface area contributed by atoms with Crippen molar-refractivity contribution in [3.63, 3.8) is 0 Å². The molecule has 6 heteroatoms. The number of aromatic amines is 1. The van der Waals surface area contributed by atoms with Gasteiger partial charge in [0.05, 0.1) is 29.2 Å². The molecule has 0 aliphatic rings. The molecule has 0 unspecified atom stereocenters. The second kappa shape index (κ2) is 7.68. The molecular formula is C17H17Cl2N3O. The Hall–Kier alpha value is -1.75. The Bertz CT molecular complexity index is 755. The van der Waals surface area contributed by atoms with Gasteiger partial charge in [-0.15, -0.1) is 0 Å². The fourth-order valence-electron chi connectivity index (χ4n) is 2.27. The second-order valence-corrected chi connectivity index (χ2v) is 6.00. The normalized spacial score (nSPS) is 11.0. The molecule has 2 N–H and O–H groups in total. The number of nitrogens with zero attached hydrogens (tertiary/aromatic N) is 1. The van der Waals surface area contributed by atoms with Crippen LogP contribution in [0.15, 0.2) is 42.5 Å². The van der Waals surface area contributed by atoms with Crippen LogP contribution in [-0.4, -0.2) is 23.1 Å². The number of halogens is 2. The van der Waals surface area contributed by atoms with Crippen molar-refractivity contribution in [3.05, 3.63) is 58.3 Å². The Labute approximate surface area is 144 Å². The number of nitrogens with one attached hydrogen (secondary N) is 2. The summed E-state index contributed by atoms with van der Waals surface area (Å²) >= 11 is 11.9. The SMILES string of the molecule is Clc1ccc(OCCCNCc2nc3ccccc3[nH]2)c(Cl)c1. The molecule has 23 heavy (non-hydrogen) atoms. The molecule has 3 rings (SSSR count). The first-order chi connectivity index (χ1) is 11.2. The molecule has 3 aromatic rings. The summed E-state index contributed by atoms with van der Waals surface area (Å²) < 4.78 is 5.64. The van der Waals surface area contributed by atoms with Gasteiger partial charge in [0.1, 0.15) is 11.6 Å². The summed E-state index contributed by atoms with van der Waals surface area (Å²) in [6.45, 7) is 2.13. The van der Waals surface area contributed by atoms with Gasteiger partial charge in [-0.25, -0.2) is 4.98 Å². The number of aromatic nitrogens is 2. The fraction of sp³-hybridized carbons (Fsp3) is 0.235. The number of imidazole rings is 1. The average Bonchev–Trinajstić information content (AvgIpc) is 2.95. The highest BCUT2D eigenvalue weighted by Gasteiger charge is 2.03. The summed E-state index contributed by atoms with van der Waals surface area (Å²) in [6, 6.07) is 13.2. The summed E-state index contributed by atoms with van der Waals surface area (Å²) in [5, 5.41) is 4.49. The fourth-order valence-corrected chi connectivity index (χ4v) is 2.73. The highest BCUT2D eigenvalue weighted by atomic mass is 35.5. The minimum atomic E-state index is 0.535.